The molecule has 24 heavy (non-hydrogen) atoms. The number of urea groups is 1. The molecule has 0 aliphatic carbocycles. The van der Waals surface area contributed by atoms with Crippen molar-refractivity contribution in [3.63, 3.8) is 0 Å². The summed E-state index contributed by atoms with van der Waals surface area (Å²) < 4.78 is 0. The zero-order chi connectivity index (χ0) is 17.7. The van der Waals surface area contributed by atoms with Gasteiger partial charge >= 0.3 is 6.03 Å². The van der Waals surface area contributed by atoms with Crippen molar-refractivity contribution in [1.29, 1.82) is 0 Å². The maximum atomic E-state index is 12.3. The van der Waals surface area contributed by atoms with Crippen LogP contribution in [0, 0.1) is 0 Å². The lowest BCUT2D eigenvalue weighted by Gasteiger charge is -2.19. The zero-order valence-electron chi connectivity index (χ0n) is 14.1. The van der Waals surface area contributed by atoms with Gasteiger partial charge in [0.15, 0.2) is 0 Å². The first-order valence-electron chi connectivity index (χ1n) is 7.75. The van der Waals surface area contributed by atoms with Crippen molar-refractivity contribution in [2.24, 2.45) is 5.73 Å². The van der Waals surface area contributed by atoms with Gasteiger partial charge in [-0.25, -0.2) is 4.79 Å². The second-order valence-corrected chi connectivity index (χ2v) is 7.64. The van der Waals surface area contributed by atoms with Crippen molar-refractivity contribution >= 4 is 29.0 Å². The van der Waals surface area contributed by atoms with Gasteiger partial charge in [0, 0.05) is 10.6 Å². The van der Waals surface area contributed by atoms with E-state index in [1.165, 1.54) is 16.9 Å². The number of primary amides is 1. The number of benzene rings is 1. The molecular formula is C18H23N3O2S. The molecule has 6 heteroatoms. The van der Waals surface area contributed by atoms with Gasteiger partial charge in [0.1, 0.15) is 0 Å². The molecule has 0 radical (unpaired) electrons. The number of carbonyl (C=O) groups is 2. The minimum atomic E-state index is -0.643. The average Bonchev–Trinajstić information content (AvgIpc) is 2.99. The summed E-state index contributed by atoms with van der Waals surface area (Å²) in [5.41, 5.74) is 7.21. The Bertz CT molecular complexity index is 688. The van der Waals surface area contributed by atoms with Crippen molar-refractivity contribution in [2.45, 2.75) is 38.6 Å². The number of rotatable bonds is 5. The summed E-state index contributed by atoms with van der Waals surface area (Å²) in [6, 6.07) is 10.5. The maximum absolute atomic E-state index is 12.3. The van der Waals surface area contributed by atoms with Crippen LogP contribution >= 0.6 is 11.3 Å². The number of thiophene rings is 1. The van der Waals surface area contributed by atoms with Gasteiger partial charge in [-0.3, -0.25) is 4.79 Å². The molecule has 2 rings (SSSR count). The second kappa shape index (κ2) is 7.49. The van der Waals surface area contributed by atoms with Crippen molar-refractivity contribution in [3.8, 4) is 0 Å². The Kier molecular flexibility index (Phi) is 5.62. The summed E-state index contributed by atoms with van der Waals surface area (Å²) >= 11 is 1.48. The molecule has 1 atom stereocenters. The number of hydrogen-bond acceptors (Lipinski definition) is 3. The van der Waals surface area contributed by atoms with E-state index in [1.807, 2.05) is 41.8 Å². The van der Waals surface area contributed by atoms with E-state index < -0.39 is 12.1 Å². The van der Waals surface area contributed by atoms with Crippen LogP contribution in [0.3, 0.4) is 0 Å². The topological polar surface area (TPSA) is 84.2 Å². The molecule has 2 aromatic rings. The number of hydrogen-bond donors (Lipinski definition) is 3. The van der Waals surface area contributed by atoms with Gasteiger partial charge in [0.2, 0.25) is 5.91 Å². The van der Waals surface area contributed by atoms with Gasteiger partial charge < -0.3 is 16.4 Å². The number of anilines is 1. The summed E-state index contributed by atoms with van der Waals surface area (Å²) in [4.78, 5) is 24.3. The van der Waals surface area contributed by atoms with E-state index in [9.17, 15) is 9.59 Å². The lowest BCUT2D eigenvalue weighted by Crippen LogP contribution is -2.34. The van der Waals surface area contributed by atoms with Gasteiger partial charge in [-0.15, -0.1) is 11.3 Å². The Morgan fingerprint density at radius 1 is 1.17 bits per heavy atom. The summed E-state index contributed by atoms with van der Waals surface area (Å²) in [5, 5.41) is 7.37. The molecule has 1 aromatic heterocycles. The third kappa shape index (κ3) is 5.09. The van der Waals surface area contributed by atoms with Crippen molar-refractivity contribution < 1.29 is 9.59 Å². The summed E-state index contributed by atoms with van der Waals surface area (Å²) in [6.07, 6.45) is 0.129. The Labute approximate surface area is 146 Å². The molecule has 0 bridgehead atoms. The predicted octanol–water partition coefficient (Wildman–Crippen LogP) is 3.78. The summed E-state index contributed by atoms with van der Waals surface area (Å²) in [6.45, 7) is 6.42. The first-order chi connectivity index (χ1) is 11.3. The third-order valence-corrected chi connectivity index (χ3v) is 4.61. The molecule has 128 valence electrons. The number of carbonyl (C=O) groups excluding carboxylic acids is 2. The van der Waals surface area contributed by atoms with E-state index in [2.05, 4.69) is 31.4 Å². The number of amides is 3. The maximum Gasteiger partial charge on any atom is 0.312 e. The van der Waals surface area contributed by atoms with Gasteiger partial charge in [0.05, 0.1) is 12.5 Å². The van der Waals surface area contributed by atoms with Crippen LogP contribution in [0.5, 0.6) is 0 Å². The minimum absolute atomic E-state index is 0.0677. The highest BCUT2D eigenvalue weighted by molar-refractivity contribution is 7.10. The monoisotopic (exact) mass is 345 g/mol. The number of nitrogens with one attached hydrogen (secondary N) is 2. The van der Waals surface area contributed by atoms with E-state index in [0.717, 1.165) is 10.6 Å². The first-order valence-corrected chi connectivity index (χ1v) is 8.63. The fourth-order valence-corrected chi connectivity index (χ4v) is 3.11. The van der Waals surface area contributed by atoms with E-state index in [1.54, 1.807) is 0 Å². The molecular weight excluding hydrogens is 322 g/mol. The van der Waals surface area contributed by atoms with Crippen LogP contribution < -0.4 is 16.4 Å². The fraction of sp³-hybridized carbons (Fsp3) is 0.333. The van der Waals surface area contributed by atoms with Gasteiger partial charge in [-0.2, -0.15) is 0 Å². The van der Waals surface area contributed by atoms with Crippen molar-refractivity contribution in [1.82, 2.24) is 5.32 Å². The lowest BCUT2D eigenvalue weighted by atomic mass is 9.87. The molecule has 0 spiro atoms. The second-order valence-electron chi connectivity index (χ2n) is 6.66. The van der Waals surface area contributed by atoms with Gasteiger partial charge in [-0.1, -0.05) is 39.0 Å². The molecule has 5 nitrogen and oxygen atoms in total. The molecule has 0 aliphatic rings. The van der Waals surface area contributed by atoms with Crippen LogP contribution in [0.4, 0.5) is 10.5 Å². The van der Waals surface area contributed by atoms with Crippen molar-refractivity contribution in [3.05, 3.63) is 52.2 Å². The summed E-state index contributed by atoms with van der Waals surface area (Å²) in [5.74, 6) is -0.175. The van der Waals surface area contributed by atoms with Gasteiger partial charge in [0.25, 0.3) is 0 Å². The highest BCUT2D eigenvalue weighted by Crippen LogP contribution is 2.25. The summed E-state index contributed by atoms with van der Waals surface area (Å²) in [7, 11) is 0. The van der Waals surface area contributed by atoms with E-state index >= 15 is 0 Å². The smallest absolute Gasteiger partial charge is 0.312 e. The molecule has 1 unspecified atom stereocenters. The van der Waals surface area contributed by atoms with Crippen LogP contribution in [-0.4, -0.2) is 11.9 Å². The van der Waals surface area contributed by atoms with Crippen LogP contribution in [0.1, 0.15) is 43.7 Å². The number of nitrogens with two attached hydrogens (primary N) is 1. The lowest BCUT2D eigenvalue weighted by molar-refractivity contribution is -0.116. The highest BCUT2D eigenvalue weighted by Gasteiger charge is 2.19. The van der Waals surface area contributed by atoms with Gasteiger partial charge in [-0.05, 0) is 34.6 Å². The molecule has 0 saturated carbocycles. The van der Waals surface area contributed by atoms with Crippen molar-refractivity contribution in [2.75, 3.05) is 5.32 Å². The Hall–Kier alpha value is -2.34. The average molecular weight is 345 g/mol. The van der Waals surface area contributed by atoms with Crippen LogP contribution in [0.2, 0.25) is 0 Å². The fourth-order valence-electron chi connectivity index (χ4n) is 2.33. The van der Waals surface area contributed by atoms with Crippen LogP contribution in [0.15, 0.2) is 41.8 Å². The molecule has 1 aromatic carbocycles. The predicted molar refractivity (Wildman–Crippen MR) is 98.2 cm³/mol. The van der Waals surface area contributed by atoms with Crippen LogP contribution in [-0.2, 0) is 10.2 Å². The van der Waals surface area contributed by atoms with E-state index in [4.69, 9.17) is 5.73 Å². The minimum Gasteiger partial charge on any atom is -0.352 e. The van der Waals surface area contributed by atoms with E-state index in [0.29, 0.717) is 0 Å². The SMILES string of the molecule is CC(C)(C)c1ccc(NC(=O)CC(NC(N)=O)c2cccs2)cc1. The molecule has 0 fully saturated rings. The molecule has 1 heterocycles. The zero-order valence-corrected chi connectivity index (χ0v) is 14.9. The Morgan fingerprint density at radius 3 is 2.33 bits per heavy atom. The third-order valence-electron chi connectivity index (χ3n) is 3.63. The Balaban J connectivity index is 2.01. The normalized spacial score (nSPS) is 12.5. The van der Waals surface area contributed by atoms with E-state index in [-0.39, 0.29) is 17.7 Å². The quantitative estimate of drug-likeness (QED) is 0.770. The molecule has 0 saturated heterocycles. The highest BCUT2D eigenvalue weighted by atomic mass is 32.1. The molecule has 3 amide bonds. The largest absolute Gasteiger partial charge is 0.352 e. The first kappa shape index (κ1) is 18.0. The Morgan fingerprint density at radius 2 is 1.83 bits per heavy atom. The molecule has 0 aliphatic heterocycles. The van der Waals surface area contributed by atoms with Crippen LogP contribution in [0.25, 0.3) is 0 Å². The molecule has 4 N–H and O–H groups in total. The standard InChI is InChI=1S/C18H23N3O2S/c1-18(2,3)12-6-8-13(9-7-12)20-16(22)11-14(21-17(19)23)15-5-4-10-24-15/h4-10,14H,11H2,1-3H3,(H,20,22)(H3,19,21,23).